The van der Waals surface area contributed by atoms with Crippen LogP contribution in [0.1, 0.15) is 71.7 Å². The Morgan fingerprint density at radius 1 is 0.577 bits per heavy atom. The fourth-order valence-electron chi connectivity index (χ4n) is 5.57. The summed E-state index contributed by atoms with van der Waals surface area (Å²) in [4.78, 5) is 97.0. The van der Waals surface area contributed by atoms with Crippen molar-refractivity contribution in [2.75, 3.05) is 6.61 Å². The highest BCUT2D eigenvalue weighted by atomic mass is 16.8. The molecule has 52 heavy (non-hydrogen) atoms. The molecule has 2 saturated heterocycles. The van der Waals surface area contributed by atoms with Crippen molar-refractivity contribution in [3.63, 3.8) is 0 Å². The summed E-state index contributed by atoms with van der Waals surface area (Å²) in [6, 6.07) is 5.81. The van der Waals surface area contributed by atoms with Crippen LogP contribution in [0.5, 0.6) is 5.75 Å². The standard InChI is InChI=1S/C34H42O18/c1-16(36)8-13-25-27(29(45-19(4)39)31(47-21(6)41)33(50-25)49-24-11-9-23(14-35)10-12-24)52-34-32(48-22(7)42)30(46-20(5)40)28(44-18(3)38)26(51-34)15-43-17(2)37/h9-12,14,25-34H,8,13,15H2,1-7H3/t25-,26-,27-,28+,29+,30+,31-,32-,33-,34+/m1/s1. The molecule has 0 amide bonds. The van der Waals surface area contributed by atoms with Crippen LogP contribution in [0.4, 0.5) is 0 Å². The van der Waals surface area contributed by atoms with Crippen LogP contribution in [0, 0.1) is 0 Å². The van der Waals surface area contributed by atoms with Crippen LogP contribution in [-0.2, 0) is 76.2 Å². The molecule has 3 rings (SSSR count). The third-order valence-electron chi connectivity index (χ3n) is 7.48. The summed E-state index contributed by atoms with van der Waals surface area (Å²) in [5.74, 6) is -5.19. The number of benzene rings is 1. The highest BCUT2D eigenvalue weighted by Crippen LogP contribution is 2.37. The van der Waals surface area contributed by atoms with Crippen LogP contribution in [0.15, 0.2) is 24.3 Å². The molecule has 2 heterocycles. The molecule has 0 bridgehead atoms. The van der Waals surface area contributed by atoms with Gasteiger partial charge in [0, 0.05) is 53.5 Å². The van der Waals surface area contributed by atoms with E-state index in [0.717, 1.165) is 41.5 Å². The minimum absolute atomic E-state index is 0.0836. The predicted molar refractivity (Wildman–Crippen MR) is 169 cm³/mol. The van der Waals surface area contributed by atoms with E-state index in [-0.39, 0.29) is 24.4 Å². The van der Waals surface area contributed by atoms with Gasteiger partial charge in [0.25, 0.3) is 0 Å². The van der Waals surface area contributed by atoms with E-state index >= 15 is 0 Å². The zero-order chi connectivity index (χ0) is 38.7. The van der Waals surface area contributed by atoms with Crippen LogP contribution >= 0.6 is 0 Å². The van der Waals surface area contributed by atoms with Gasteiger partial charge in [-0.25, -0.2) is 0 Å². The summed E-state index contributed by atoms with van der Waals surface area (Å²) < 4.78 is 57.5. The third-order valence-corrected chi connectivity index (χ3v) is 7.48. The van der Waals surface area contributed by atoms with Crippen molar-refractivity contribution in [3.8, 4) is 5.75 Å². The lowest BCUT2D eigenvalue weighted by molar-refractivity contribution is -0.353. The van der Waals surface area contributed by atoms with E-state index in [1.165, 1.54) is 31.2 Å². The zero-order valence-electron chi connectivity index (χ0n) is 29.6. The van der Waals surface area contributed by atoms with Crippen LogP contribution in [0.3, 0.4) is 0 Å². The molecule has 2 aliphatic rings. The number of ketones is 1. The maximum Gasteiger partial charge on any atom is 0.303 e. The average molecular weight is 739 g/mol. The number of carbonyl (C=O) groups excluding carboxylic acids is 8. The quantitative estimate of drug-likeness (QED) is 0.140. The van der Waals surface area contributed by atoms with Crippen molar-refractivity contribution in [1.29, 1.82) is 0 Å². The third kappa shape index (κ3) is 12.1. The first-order chi connectivity index (χ1) is 24.5. The van der Waals surface area contributed by atoms with Gasteiger partial charge in [-0.1, -0.05) is 0 Å². The minimum Gasteiger partial charge on any atom is -0.463 e. The van der Waals surface area contributed by atoms with Crippen molar-refractivity contribution in [2.24, 2.45) is 0 Å². The fraction of sp³-hybridized carbons (Fsp3) is 0.588. The molecule has 2 aliphatic heterocycles. The highest BCUT2D eigenvalue weighted by Gasteiger charge is 2.57. The van der Waals surface area contributed by atoms with E-state index in [4.69, 9.17) is 47.4 Å². The number of hydrogen-bond acceptors (Lipinski definition) is 18. The molecule has 18 nitrogen and oxygen atoms in total. The molecule has 0 saturated carbocycles. The Morgan fingerprint density at radius 3 is 1.52 bits per heavy atom. The van der Waals surface area contributed by atoms with Crippen LogP contribution in [-0.4, -0.2) is 116 Å². The summed E-state index contributed by atoms with van der Waals surface area (Å²) in [5, 5.41) is 0. The Morgan fingerprint density at radius 2 is 1.04 bits per heavy atom. The monoisotopic (exact) mass is 738 g/mol. The number of ether oxygens (including phenoxy) is 10. The first-order valence-corrected chi connectivity index (χ1v) is 16.2. The Hall–Kier alpha value is -4.94. The zero-order valence-corrected chi connectivity index (χ0v) is 29.6. The number of carbonyl (C=O) groups is 8. The molecule has 286 valence electrons. The van der Waals surface area contributed by atoms with E-state index in [9.17, 15) is 38.4 Å². The molecule has 10 atom stereocenters. The second-order valence-corrected chi connectivity index (χ2v) is 11.9. The SMILES string of the molecule is CC(=O)CC[C@H]1O[C@@H](Oc2ccc(C=O)cc2)[C@H](OC(C)=O)[C@@H](OC(C)=O)[C@@H]1O[C@@H]1O[C@H](COC(C)=O)[C@H](OC(C)=O)[C@H](OC(C)=O)[C@H]1OC(C)=O. The molecule has 2 fully saturated rings. The maximum absolute atomic E-state index is 12.6. The predicted octanol–water partition coefficient (Wildman–Crippen LogP) is 1.30. The largest absolute Gasteiger partial charge is 0.463 e. The topological polar surface area (TPSA) is 229 Å². The molecule has 1 aromatic rings. The van der Waals surface area contributed by atoms with Gasteiger partial charge in [0.15, 0.2) is 30.7 Å². The van der Waals surface area contributed by atoms with E-state index in [0.29, 0.717) is 11.8 Å². The molecule has 0 N–H and O–H groups in total. The van der Waals surface area contributed by atoms with Gasteiger partial charge >= 0.3 is 35.8 Å². The van der Waals surface area contributed by atoms with Gasteiger partial charge in [-0.05, 0) is 37.6 Å². The molecular weight excluding hydrogens is 696 g/mol. The first-order valence-electron chi connectivity index (χ1n) is 16.2. The van der Waals surface area contributed by atoms with Gasteiger partial charge in [-0.15, -0.1) is 0 Å². The molecular formula is C34H42O18. The van der Waals surface area contributed by atoms with Crippen molar-refractivity contribution in [3.05, 3.63) is 29.8 Å². The Kier molecular flexibility index (Phi) is 15.2. The van der Waals surface area contributed by atoms with Crippen LogP contribution in [0.25, 0.3) is 0 Å². The molecule has 0 aliphatic carbocycles. The molecule has 0 aromatic heterocycles. The van der Waals surface area contributed by atoms with Gasteiger partial charge in [0.2, 0.25) is 12.4 Å². The van der Waals surface area contributed by atoms with Gasteiger partial charge < -0.3 is 52.2 Å². The number of rotatable bonds is 15. The lowest BCUT2D eigenvalue weighted by Gasteiger charge is -2.48. The summed E-state index contributed by atoms with van der Waals surface area (Å²) in [5.41, 5.74) is 0.337. The number of aldehydes is 1. The highest BCUT2D eigenvalue weighted by molar-refractivity contribution is 5.75. The molecule has 0 spiro atoms. The molecule has 0 radical (unpaired) electrons. The first kappa shape index (κ1) is 41.5. The summed E-state index contributed by atoms with van der Waals surface area (Å²) in [7, 11) is 0. The molecule has 0 unspecified atom stereocenters. The van der Waals surface area contributed by atoms with Crippen molar-refractivity contribution in [2.45, 2.75) is 123 Å². The summed E-state index contributed by atoms with van der Waals surface area (Å²) in [6.07, 6.45) is -14.8. The fourth-order valence-corrected chi connectivity index (χ4v) is 5.57. The maximum atomic E-state index is 12.6. The smallest absolute Gasteiger partial charge is 0.303 e. The summed E-state index contributed by atoms with van der Waals surface area (Å²) >= 11 is 0. The van der Waals surface area contributed by atoms with Crippen LogP contribution < -0.4 is 4.74 Å². The minimum atomic E-state index is -1.77. The molecule has 18 heteroatoms. The van der Waals surface area contributed by atoms with Crippen molar-refractivity contribution < 1.29 is 85.7 Å². The number of esters is 6. The average Bonchev–Trinajstić information content (AvgIpc) is 3.03. The van der Waals surface area contributed by atoms with Gasteiger partial charge in [-0.2, -0.15) is 0 Å². The second kappa shape index (κ2) is 19.1. The number of hydrogen-bond donors (Lipinski definition) is 0. The van der Waals surface area contributed by atoms with E-state index in [1.807, 2.05) is 0 Å². The lowest BCUT2D eigenvalue weighted by Crippen LogP contribution is -2.67. The lowest BCUT2D eigenvalue weighted by atomic mass is 9.93. The van der Waals surface area contributed by atoms with E-state index < -0.39 is 104 Å². The van der Waals surface area contributed by atoms with E-state index in [2.05, 4.69) is 0 Å². The second-order valence-electron chi connectivity index (χ2n) is 11.9. The normalized spacial score (nSPS) is 28.3. The number of Topliss-reactive ketones (excluding diaryl/α,β-unsaturated/α-hetero) is 1. The summed E-state index contributed by atoms with van der Waals surface area (Å²) in [6.45, 7) is 7.17. The Bertz CT molecular complexity index is 1470. The van der Waals surface area contributed by atoms with E-state index in [1.54, 1.807) is 0 Å². The van der Waals surface area contributed by atoms with Crippen molar-refractivity contribution >= 4 is 47.9 Å². The van der Waals surface area contributed by atoms with Crippen LogP contribution in [0.2, 0.25) is 0 Å². The Balaban J connectivity index is 2.16. The van der Waals surface area contributed by atoms with Gasteiger partial charge in [-0.3, -0.25) is 33.6 Å². The Labute approximate surface area is 298 Å². The molecule has 1 aromatic carbocycles. The van der Waals surface area contributed by atoms with Gasteiger partial charge in [0.05, 0.1) is 6.10 Å². The van der Waals surface area contributed by atoms with Gasteiger partial charge in [0.1, 0.15) is 36.6 Å². The van der Waals surface area contributed by atoms with Crippen molar-refractivity contribution in [1.82, 2.24) is 0 Å².